The number of aromatic nitrogens is 1. The molecular weight excluding hydrogens is 503 g/mol. The quantitative estimate of drug-likeness (QED) is 0.340. The maximum absolute atomic E-state index is 12.7. The van der Waals surface area contributed by atoms with Crippen molar-refractivity contribution in [1.82, 2.24) is 25.0 Å². The van der Waals surface area contributed by atoms with Crippen molar-refractivity contribution in [2.75, 3.05) is 52.9 Å². The molecule has 2 saturated heterocycles. The molecule has 0 saturated carbocycles. The van der Waals surface area contributed by atoms with Crippen LogP contribution in [0, 0.1) is 5.92 Å². The van der Waals surface area contributed by atoms with Crippen molar-refractivity contribution in [3.8, 4) is 0 Å². The van der Waals surface area contributed by atoms with Crippen LogP contribution in [0.3, 0.4) is 0 Å². The second kappa shape index (κ2) is 12.6. The minimum atomic E-state index is -0.0314. The summed E-state index contributed by atoms with van der Waals surface area (Å²) in [5.41, 5.74) is 1.26. The lowest BCUT2D eigenvalue weighted by molar-refractivity contribution is -0.135. The van der Waals surface area contributed by atoms with Gasteiger partial charge < -0.3 is 15.1 Å². The molecule has 2 aliphatic heterocycles. The van der Waals surface area contributed by atoms with Crippen molar-refractivity contribution in [2.45, 2.75) is 45.6 Å². The van der Waals surface area contributed by atoms with Crippen LogP contribution in [0.15, 0.2) is 29.5 Å². The number of rotatable bonds is 6. The molecule has 2 unspecified atom stereocenters. The number of likely N-dealkylation sites (tertiary alicyclic amines) is 1. The molecular formula is C23H39IN6O. The lowest BCUT2D eigenvalue weighted by atomic mass is 9.89. The van der Waals surface area contributed by atoms with E-state index in [1.165, 1.54) is 5.56 Å². The number of nitrogens with zero attached hydrogens (tertiary/aromatic N) is 5. The average Bonchev–Trinajstić information content (AvgIpc) is 3.31. The van der Waals surface area contributed by atoms with E-state index in [0.717, 1.165) is 64.6 Å². The second-order valence-electron chi connectivity index (χ2n) is 8.80. The monoisotopic (exact) mass is 542 g/mol. The van der Waals surface area contributed by atoms with E-state index in [2.05, 4.69) is 51.9 Å². The van der Waals surface area contributed by atoms with Gasteiger partial charge in [-0.1, -0.05) is 19.9 Å². The fourth-order valence-corrected chi connectivity index (χ4v) is 4.55. The minimum Gasteiger partial charge on any atom is -0.356 e. The molecule has 1 N–H and O–H groups in total. The van der Waals surface area contributed by atoms with E-state index in [0.29, 0.717) is 17.7 Å². The predicted molar refractivity (Wildman–Crippen MR) is 137 cm³/mol. The van der Waals surface area contributed by atoms with Gasteiger partial charge in [-0.15, -0.1) is 24.0 Å². The Morgan fingerprint density at radius 1 is 1.10 bits per heavy atom. The van der Waals surface area contributed by atoms with E-state index in [4.69, 9.17) is 0 Å². The molecule has 1 aromatic heterocycles. The molecule has 3 heterocycles. The first-order valence-corrected chi connectivity index (χ1v) is 11.4. The first kappa shape index (κ1) is 25.8. The second-order valence-corrected chi connectivity index (χ2v) is 8.80. The van der Waals surface area contributed by atoms with E-state index in [1.54, 1.807) is 0 Å². The zero-order valence-corrected chi connectivity index (χ0v) is 21.8. The van der Waals surface area contributed by atoms with Crippen molar-refractivity contribution in [3.63, 3.8) is 0 Å². The van der Waals surface area contributed by atoms with Crippen molar-refractivity contribution < 1.29 is 4.79 Å². The Labute approximate surface area is 204 Å². The Bertz CT molecular complexity index is 699. The molecule has 2 fully saturated rings. The number of piperazine rings is 1. The highest BCUT2D eigenvalue weighted by molar-refractivity contribution is 14.0. The SMILES string of the molecule is CN=C(NCC(c1cccnc1)C(C)C)N1CCN(C(C)C(=O)N2CCCC2)CC1.I. The Morgan fingerprint density at radius 2 is 1.77 bits per heavy atom. The van der Waals surface area contributed by atoms with Gasteiger partial charge in [0.1, 0.15) is 0 Å². The van der Waals surface area contributed by atoms with Crippen LogP contribution in [0.4, 0.5) is 0 Å². The Morgan fingerprint density at radius 3 is 2.32 bits per heavy atom. The van der Waals surface area contributed by atoms with Crippen molar-refractivity contribution in [1.29, 1.82) is 0 Å². The minimum absolute atomic E-state index is 0. The van der Waals surface area contributed by atoms with E-state index in [-0.39, 0.29) is 30.0 Å². The number of carbonyl (C=O) groups is 1. The third-order valence-electron chi connectivity index (χ3n) is 6.55. The van der Waals surface area contributed by atoms with Crippen LogP contribution in [-0.4, -0.2) is 90.5 Å². The largest absolute Gasteiger partial charge is 0.356 e. The fraction of sp³-hybridized carbons (Fsp3) is 0.696. The molecule has 31 heavy (non-hydrogen) atoms. The first-order valence-electron chi connectivity index (χ1n) is 11.4. The summed E-state index contributed by atoms with van der Waals surface area (Å²) in [5, 5.41) is 3.59. The molecule has 8 heteroatoms. The molecule has 0 aliphatic carbocycles. The third-order valence-corrected chi connectivity index (χ3v) is 6.55. The fourth-order valence-electron chi connectivity index (χ4n) is 4.55. The third kappa shape index (κ3) is 6.78. The van der Waals surface area contributed by atoms with E-state index < -0.39 is 0 Å². The number of guanidine groups is 1. The van der Waals surface area contributed by atoms with Gasteiger partial charge in [0.25, 0.3) is 0 Å². The molecule has 0 bridgehead atoms. The van der Waals surface area contributed by atoms with Crippen LogP contribution in [0.1, 0.15) is 45.1 Å². The van der Waals surface area contributed by atoms with Gasteiger partial charge >= 0.3 is 0 Å². The van der Waals surface area contributed by atoms with Gasteiger partial charge in [0.2, 0.25) is 5.91 Å². The van der Waals surface area contributed by atoms with Crippen LogP contribution >= 0.6 is 24.0 Å². The van der Waals surface area contributed by atoms with Gasteiger partial charge in [0.15, 0.2) is 5.96 Å². The molecule has 1 amide bonds. The lowest BCUT2D eigenvalue weighted by Crippen LogP contribution is -2.57. The highest BCUT2D eigenvalue weighted by atomic mass is 127. The number of carbonyl (C=O) groups excluding carboxylic acids is 1. The smallest absolute Gasteiger partial charge is 0.239 e. The molecule has 1 aromatic rings. The number of halogens is 1. The van der Waals surface area contributed by atoms with Crippen LogP contribution < -0.4 is 5.32 Å². The highest BCUT2D eigenvalue weighted by Crippen LogP contribution is 2.23. The zero-order valence-electron chi connectivity index (χ0n) is 19.5. The predicted octanol–water partition coefficient (Wildman–Crippen LogP) is 2.64. The summed E-state index contributed by atoms with van der Waals surface area (Å²) in [6.45, 7) is 12.8. The molecule has 174 valence electrons. The Hall–Kier alpha value is -1.42. The molecule has 2 aliphatic rings. The first-order chi connectivity index (χ1) is 14.5. The highest BCUT2D eigenvalue weighted by Gasteiger charge is 2.30. The van der Waals surface area contributed by atoms with Crippen molar-refractivity contribution in [2.24, 2.45) is 10.9 Å². The summed E-state index contributed by atoms with van der Waals surface area (Å²) >= 11 is 0. The van der Waals surface area contributed by atoms with Gasteiger partial charge in [-0.2, -0.15) is 0 Å². The zero-order chi connectivity index (χ0) is 21.5. The number of hydrogen-bond donors (Lipinski definition) is 1. The maximum atomic E-state index is 12.7. The maximum Gasteiger partial charge on any atom is 0.239 e. The van der Waals surface area contributed by atoms with Gasteiger partial charge in [-0.05, 0) is 37.3 Å². The lowest BCUT2D eigenvalue weighted by Gasteiger charge is -2.40. The van der Waals surface area contributed by atoms with E-state index >= 15 is 0 Å². The summed E-state index contributed by atoms with van der Waals surface area (Å²) in [5.74, 6) is 2.13. The van der Waals surface area contributed by atoms with Crippen LogP contribution in [0.5, 0.6) is 0 Å². The molecule has 0 aromatic carbocycles. The van der Waals surface area contributed by atoms with Gasteiger partial charge in [-0.25, -0.2) is 0 Å². The summed E-state index contributed by atoms with van der Waals surface area (Å²) in [6.07, 6.45) is 6.07. The number of pyridine rings is 1. The van der Waals surface area contributed by atoms with Gasteiger partial charge in [0.05, 0.1) is 6.04 Å². The van der Waals surface area contributed by atoms with Crippen LogP contribution in [0.2, 0.25) is 0 Å². The van der Waals surface area contributed by atoms with Crippen molar-refractivity contribution in [3.05, 3.63) is 30.1 Å². The molecule has 0 spiro atoms. The van der Waals surface area contributed by atoms with Crippen LogP contribution in [-0.2, 0) is 4.79 Å². The number of amides is 1. The number of aliphatic imine (C=N–C) groups is 1. The molecule has 2 atom stereocenters. The molecule has 3 rings (SSSR count). The van der Waals surface area contributed by atoms with E-state index in [1.807, 2.05) is 30.4 Å². The van der Waals surface area contributed by atoms with E-state index in [9.17, 15) is 4.79 Å². The molecule has 0 radical (unpaired) electrons. The van der Waals surface area contributed by atoms with Crippen molar-refractivity contribution >= 4 is 35.8 Å². The number of hydrogen-bond acceptors (Lipinski definition) is 4. The molecule has 7 nitrogen and oxygen atoms in total. The van der Waals surface area contributed by atoms with Gasteiger partial charge in [0, 0.05) is 71.2 Å². The number of nitrogens with one attached hydrogen (secondary N) is 1. The standard InChI is InChI=1S/C23H38N6O.HI/c1-18(2)21(20-8-7-9-25-16-20)17-26-23(24-4)29-14-12-27(13-15-29)19(3)22(30)28-10-5-6-11-28;/h7-9,16,18-19,21H,5-6,10-15,17H2,1-4H3,(H,24,26);1H. The van der Waals surface area contributed by atoms with Crippen LogP contribution in [0.25, 0.3) is 0 Å². The summed E-state index contributed by atoms with van der Waals surface area (Å²) in [7, 11) is 1.85. The topological polar surface area (TPSA) is 64.1 Å². The average molecular weight is 543 g/mol. The summed E-state index contributed by atoms with van der Waals surface area (Å²) in [6, 6.07) is 4.12. The Balaban J connectivity index is 0.00000341. The summed E-state index contributed by atoms with van der Waals surface area (Å²) in [4.78, 5) is 28.2. The normalized spacial score (nSPS) is 19.8. The summed E-state index contributed by atoms with van der Waals surface area (Å²) < 4.78 is 0. The van der Waals surface area contributed by atoms with Gasteiger partial charge in [-0.3, -0.25) is 19.7 Å². The Kier molecular flexibility index (Phi) is 10.5.